The lowest BCUT2D eigenvalue weighted by molar-refractivity contribution is -0.0458. The number of aliphatic hydroxyl groups excluding tert-OH is 1. The maximum Gasteiger partial charge on any atom is 0.508 e. The molecule has 4 unspecified atom stereocenters. The minimum atomic E-state index is -0.860. The van der Waals surface area contributed by atoms with E-state index < -0.39 is 30.6 Å². The van der Waals surface area contributed by atoms with Crippen LogP contribution in [0.5, 0.6) is 0 Å². The molecular weight excluding hydrogens is 364 g/mol. The standard InChI is InChI=1S/C17H32O10/c1-12(18)8-24-16(19)26-14(3)9-22-6-7-23-10-15(4)27-17(20)25-11-13(2)21-5/h12-15,18H,6-11H2,1-5H3. The molecule has 0 radical (unpaired) electrons. The molecule has 0 rings (SSSR count). The molecule has 0 fully saturated rings. The van der Waals surface area contributed by atoms with E-state index in [0.29, 0.717) is 0 Å². The zero-order valence-corrected chi connectivity index (χ0v) is 16.7. The molecule has 0 aliphatic heterocycles. The largest absolute Gasteiger partial charge is 0.508 e. The van der Waals surface area contributed by atoms with Gasteiger partial charge in [-0.3, -0.25) is 0 Å². The summed E-state index contributed by atoms with van der Waals surface area (Å²) in [6.07, 6.45) is -3.56. The van der Waals surface area contributed by atoms with Gasteiger partial charge in [0.15, 0.2) is 0 Å². The molecule has 160 valence electrons. The molecule has 0 aliphatic rings. The molecule has 10 heteroatoms. The Morgan fingerprint density at radius 1 is 0.741 bits per heavy atom. The number of rotatable bonds is 14. The van der Waals surface area contributed by atoms with Crippen LogP contribution in [0.3, 0.4) is 0 Å². The van der Waals surface area contributed by atoms with Crippen molar-refractivity contribution >= 4 is 12.3 Å². The van der Waals surface area contributed by atoms with Crippen molar-refractivity contribution < 1.29 is 47.9 Å². The zero-order valence-electron chi connectivity index (χ0n) is 16.7. The Morgan fingerprint density at radius 3 is 1.59 bits per heavy atom. The highest BCUT2D eigenvalue weighted by Gasteiger charge is 2.13. The minimum Gasteiger partial charge on any atom is -0.432 e. The Labute approximate surface area is 159 Å². The van der Waals surface area contributed by atoms with Crippen LogP contribution in [0, 0.1) is 0 Å². The van der Waals surface area contributed by atoms with Gasteiger partial charge in [-0.25, -0.2) is 9.59 Å². The summed E-state index contributed by atoms with van der Waals surface area (Å²) in [6.45, 7) is 7.50. The highest BCUT2D eigenvalue weighted by Crippen LogP contribution is 1.99. The Balaban J connectivity index is 3.61. The summed E-state index contributed by atoms with van der Waals surface area (Å²) < 4.78 is 35.0. The molecule has 0 bridgehead atoms. The van der Waals surface area contributed by atoms with E-state index in [0.717, 1.165) is 0 Å². The monoisotopic (exact) mass is 396 g/mol. The van der Waals surface area contributed by atoms with E-state index in [-0.39, 0.29) is 45.7 Å². The maximum atomic E-state index is 11.4. The summed E-state index contributed by atoms with van der Waals surface area (Å²) in [5.41, 5.74) is 0. The van der Waals surface area contributed by atoms with Crippen molar-refractivity contribution in [1.29, 1.82) is 0 Å². The van der Waals surface area contributed by atoms with E-state index in [2.05, 4.69) is 4.74 Å². The van der Waals surface area contributed by atoms with Crippen LogP contribution in [-0.4, -0.2) is 88.6 Å². The zero-order chi connectivity index (χ0) is 20.7. The van der Waals surface area contributed by atoms with Crippen molar-refractivity contribution in [2.45, 2.75) is 52.1 Å². The summed E-state index contributed by atoms with van der Waals surface area (Å²) in [5.74, 6) is 0. The van der Waals surface area contributed by atoms with Crippen LogP contribution in [0.4, 0.5) is 9.59 Å². The van der Waals surface area contributed by atoms with Gasteiger partial charge in [-0.1, -0.05) is 0 Å². The van der Waals surface area contributed by atoms with Crippen LogP contribution in [-0.2, 0) is 33.2 Å². The third-order valence-corrected chi connectivity index (χ3v) is 2.95. The van der Waals surface area contributed by atoms with Gasteiger partial charge in [0.2, 0.25) is 0 Å². The van der Waals surface area contributed by atoms with Gasteiger partial charge in [-0.2, -0.15) is 0 Å². The van der Waals surface area contributed by atoms with E-state index in [1.165, 1.54) is 14.0 Å². The predicted molar refractivity (Wildman–Crippen MR) is 93.6 cm³/mol. The molecule has 10 nitrogen and oxygen atoms in total. The number of methoxy groups -OCH3 is 1. The Bertz CT molecular complexity index is 401. The molecular formula is C17H32O10. The number of hydrogen-bond acceptors (Lipinski definition) is 10. The van der Waals surface area contributed by atoms with Crippen LogP contribution in [0.25, 0.3) is 0 Å². The topological polar surface area (TPSA) is 119 Å². The SMILES string of the molecule is COC(C)COC(=O)OC(C)COCCOCC(C)OC(=O)OCC(C)O. The van der Waals surface area contributed by atoms with Gasteiger partial charge in [0.25, 0.3) is 0 Å². The average molecular weight is 396 g/mol. The van der Waals surface area contributed by atoms with E-state index in [4.69, 9.17) is 33.5 Å². The van der Waals surface area contributed by atoms with Gasteiger partial charge in [0, 0.05) is 7.11 Å². The number of carbonyl (C=O) groups is 2. The molecule has 0 saturated heterocycles. The van der Waals surface area contributed by atoms with Crippen LogP contribution >= 0.6 is 0 Å². The van der Waals surface area contributed by atoms with Gasteiger partial charge in [0.05, 0.1) is 38.6 Å². The van der Waals surface area contributed by atoms with Crippen molar-refractivity contribution in [2.75, 3.05) is 46.8 Å². The highest BCUT2D eigenvalue weighted by molar-refractivity contribution is 5.60. The van der Waals surface area contributed by atoms with Crippen molar-refractivity contribution in [3.8, 4) is 0 Å². The first kappa shape index (κ1) is 25.4. The fraction of sp³-hybridized carbons (Fsp3) is 0.882. The van der Waals surface area contributed by atoms with Crippen LogP contribution in [0.2, 0.25) is 0 Å². The summed E-state index contributed by atoms with van der Waals surface area (Å²) in [4.78, 5) is 22.7. The lowest BCUT2D eigenvalue weighted by Gasteiger charge is -2.16. The van der Waals surface area contributed by atoms with E-state index in [9.17, 15) is 9.59 Å². The summed E-state index contributed by atoms with van der Waals surface area (Å²) >= 11 is 0. The second-order valence-corrected chi connectivity index (χ2v) is 6.02. The Morgan fingerprint density at radius 2 is 1.19 bits per heavy atom. The quantitative estimate of drug-likeness (QED) is 0.342. The van der Waals surface area contributed by atoms with Gasteiger partial charge in [-0.05, 0) is 27.7 Å². The maximum absolute atomic E-state index is 11.4. The molecule has 0 amide bonds. The van der Waals surface area contributed by atoms with Crippen LogP contribution in [0.15, 0.2) is 0 Å². The molecule has 0 heterocycles. The van der Waals surface area contributed by atoms with Crippen molar-refractivity contribution in [3.63, 3.8) is 0 Å². The first-order chi connectivity index (χ1) is 12.7. The van der Waals surface area contributed by atoms with E-state index in [1.807, 2.05) is 0 Å². The number of hydrogen-bond donors (Lipinski definition) is 1. The molecule has 1 N–H and O–H groups in total. The van der Waals surface area contributed by atoms with Gasteiger partial charge < -0.3 is 38.3 Å². The summed E-state index contributed by atoms with van der Waals surface area (Å²) in [7, 11) is 1.52. The molecule has 0 aromatic rings. The second-order valence-electron chi connectivity index (χ2n) is 6.02. The van der Waals surface area contributed by atoms with Crippen LogP contribution < -0.4 is 0 Å². The smallest absolute Gasteiger partial charge is 0.432 e. The van der Waals surface area contributed by atoms with E-state index in [1.54, 1.807) is 20.8 Å². The van der Waals surface area contributed by atoms with Crippen molar-refractivity contribution in [3.05, 3.63) is 0 Å². The second kappa shape index (κ2) is 15.4. The van der Waals surface area contributed by atoms with Gasteiger partial charge in [-0.15, -0.1) is 0 Å². The summed E-state index contributed by atoms with van der Waals surface area (Å²) in [6, 6.07) is 0. The fourth-order valence-electron chi connectivity index (χ4n) is 1.52. The molecule has 4 atom stereocenters. The van der Waals surface area contributed by atoms with Crippen molar-refractivity contribution in [2.24, 2.45) is 0 Å². The molecule has 0 spiro atoms. The van der Waals surface area contributed by atoms with Gasteiger partial charge >= 0.3 is 12.3 Å². The Hall–Kier alpha value is -1.62. The molecule has 0 aliphatic carbocycles. The fourth-order valence-corrected chi connectivity index (χ4v) is 1.52. The number of aliphatic hydroxyl groups is 1. The number of carbonyl (C=O) groups excluding carboxylic acids is 2. The molecule has 0 aromatic heterocycles. The normalized spacial score (nSPS) is 15.3. The summed E-state index contributed by atoms with van der Waals surface area (Å²) in [5, 5.41) is 8.99. The third kappa shape index (κ3) is 16.3. The van der Waals surface area contributed by atoms with E-state index >= 15 is 0 Å². The molecule has 27 heavy (non-hydrogen) atoms. The minimum absolute atomic E-state index is 0.115. The van der Waals surface area contributed by atoms with Crippen molar-refractivity contribution in [1.82, 2.24) is 0 Å². The molecule has 0 saturated carbocycles. The molecule has 0 aromatic carbocycles. The predicted octanol–water partition coefficient (Wildman–Crippen LogP) is 1.52. The first-order valence-corrected chi connectivity index (χ1v) is 8.77. The number of ether oxygens (including phenoxy) is 7. The Kier molecular flexibility index (Phi) is 14.5. The average Bonchev–Trinajstić information content (AvgIpc) is 2.60. The van der Waals surface area contributed by atoms with Gasteiger partial charge in [0.1, 0.15) is 25.4 Å². The first-order valence-electron chi connectivity index (χ1n) is 8.77. The lowest BCUT2D eigenvalue weighted by atomic mass is 10.4. The third-order valence-electron chi connectivity index (χ3n) is 2.95. The lowest BCUT2D eigenvalue weighted by Crippen LogP contribution is -2.25. The highest BCUT2D eigenvalue weighted by atomic mass is 16.7. The van der Waals surface area contributed by atoms with Crippen LogP contribution in [0.1, 0.15) is 27.7 Å².